The van der Waals surface area contributed by atoms with E-state index >= 15 is 0 Å². The van der Waals surface area contributed by atoms with E-state index in [1.54, 1.807) is 24.3 Å². The molecule has 0 fully saturated rings. The van der Waals surface area contributed by atoms with Gasteiger partial charge in [-0.2, -0.15) is 0 Å². The summed E-state index contributed by atoms with van der Waals surface area (Å²) in [6.07, 6.45) is -0.828. The van der Waals surface area contributed by atoms with Gasteiger partial charge in [-0.3, -0.25) is 19.8 Å². The fourth-order valence-electron chi connectivity index (χ4n) is 3.70. The smallest absolute Gasteiger partial charge is 0.280 e. The van der Waals surface area contributed by atoms with E-state index < -0.39 is 11.1 Å². The number of amides is 1. The van der Waals surface area contributed by atoms with Crippen molar-refractivity contribution in [3.8, 4) is 11.5 Å². The minimum Gasteiger partial charge on any atom is -0.493 e. The highest BCUT2D eigenvalue weighted by molar-refractivity contribution is 6.12. The standard InChI is InChI=1S/C23H21N3O5/c1-14-8-10-15(11-9-14)25-22(24-18-7-5-4-6-16(18)23(25)27)17-12-20(30-2)21(31-3)13-19(17)26(28)29/h4-13,22,24H,1-3H3/t22-/m1/s1. The van der Waals surface area contributed by atoms with Crippen molar-refractivity contribution >= 4 is 23.0 Å². The molecule has 3 aromatic rings. The molecule has 0 bridgehead atoms. The van der Waals surface area contributed by atoms with Crippen LogP contribution in [0, 0.1) is 17.0 Å². The Balaban J connectivity index is 1.95. The molecule has 1 atom stereocenters. The number of anilines is 2. The van der Waals surface area contributed by atoms with E-state index in [4.69, 9.17) is 9.47 Å². The second kappa shape index (κ2) is 7.98. The Morgan fingerprint density at radius 3 is 2.29 bits per heavy atom. The van der Waals surface area contributed by atoms with Crippen molar-refractivity contribution in [2.45, 2.75) is 13.1 Å². The molecule has 8 nitrogen and oxygen atoms in total. The number of carbonyl (C=O) groups is 1. The molecule has 1 amide bonds. The largest absolute Gasteiger partial charge is 0.493 e. The fourth-order valence-corrected chi connectivity index (χ4v) is 3.70. The van der Waals surface area contributed by atoms with Crippen LogP contribution >= 0.6 is 0 Å². The topological polar surface area (TPSA) is 93.9 Å². The Labute approximate surface area is 179 Å². The van der Waals surface area contributed by atoms with Gasteiger partial charge in [-0.25, -0.2) is 0 Å². The third-order valence-corrected chi connectivity index (χ3v) is 5.26. The highest BCUT2D eigenvalue weighted by Crippen LogP contribution is 2.43. The Morgan fingerprint density at radius 2 is 1.65 bits per heavy atom. The second-order valence-electron chi connectivity index (χ2n) is 7.13. The van der Waals surface area contributed by atoms with Crippen LogP contribution in [0.5, 0.6) is 11.5 Å². The number of hydrogen-bond donors (Lipinski definition) is 1. The summed E-state index contributed by atoms with van der Waals surface area (Å²) >= 11 is 0. The maximum atomic E-state index is 13.5. The first-order valence-electron chi connectivity index (χ1n) is 9.60. The van der Waals surface area contributed by atoms with Crippen LogP contribution < -0.4 is 19.7 Å². The average Bonchev–Trinajstić information content (AvgIpc) is 2.78. The molecule has 1 N–H and O–H groups in total. The van der Waals surface area contributed by atoms with Gasteiger partial charge in [0.1, 0.15) is 6.17 Å². The molecule has 1 heterocycles. The number of benzene rings is 3. The van der Waals surface area contributed by atoms with Crippen molar-refractivity contribution in [2.24, 2.45) is 0 Å². The van der Waals surface area contributed by atoms with Crippen molar-refractivity contribution in [3.63, 3.8) is 0 Å². The molecule has 0 aromatic heterocycles. The summed E-state index contributed by atoms with van der Waals surface area (Å²) in [6, 6.07) is 17.4. The zero-order chi connectivity index (χ0) is 22.1. The average molecular weight is 419 g/mol. The summed E-state index contributed by atoms with van der Waals surface area (Å²) < 4.78 is 10.6. The molecule has 3 aromatic carbocycles. The van der Waals surface area contributed by atoms with Crippen LogP contribution in [0.4, 0.5) is 17.1 Å². The lowest BCUT2D eigenvalue weighted by atomic mass is 10.0. The maximum Gasteiger partial charge on any atom is 0.280 e. The molecule has 8 heteroatoms. The van der Waals surface area contributed by atoms with Gasteiger partial charge in [-0.1, -0.05) is 29.8 Å². The highest BCUT2D eigenvalue weighted by atomic mass is 16.6. The molecule has 0 saturated carbocycles. The Morgan fingerprint density at radius 1 is 1.00 bits per heavy atom. The number of nitro groups is 1. The van der Waals surface area contributed by atoms with Crippen LogP contribution in [0.3, 0.4) is 0 Å². The molecule has 158 valence electrons. The van der Waals surface area contributed by atoms with Gasteiger partial charge in [0, 0.05) is 11.4 Å². The van der Waals surface area contributed by atoms with Gasteiger partial charge in [-0.15, -0.1) is 0 Å². The van der Waals surface area contributed by atoms with Crippen molar-refractivity contribution < 1.29 is 19.2 Å². The number of fused-ring (bicyclic) bond motifs is 1. The van der Waals surface area contributed by atoms with E-state index in [0.29, 0.717) is 22.7 Å². The lowest BCUT2D eigenvalue weighted by molar-refractivity contribution is -0.385. The van der Waals surface area contributed by atoms with Crippen LogP contribution in [0.15, 0.2) is 60.7 Å². The van der Waals surface area contributed by atoms with Gasteiger partial charge in [-0.05, 0) is 37.3 Å². The number of carbonyl (C=O) groups excluding carboxylic acids is 1. The highest BCUT2D eigenvalue weighted by Gasteiger charge is 2.38. The third-order valence-electron chi connectivity index (χ3n) is 5.26. The number of nitro benzene ring substituents is 1. The first-order valence-corrected chi connectivity index (χ1v) is 9.60. The van der Waals surface area contributed by atoms with Gasteiger partial charge >= 0.3 is 0 Å². The van der Waals surface area contributed by atoms with Crippen LogP contribution in [0.1, 0.15) is 27.7 Å². The summed E-state index contributed by atoms with van der Waals surface area (Å²) in [5, 5.41) is 15.2. The zero-order valence-electron chi connectivity index (χ0n) is 17.3. The minimum atomic E-state index is -0.828. The van der Waals surface area contributed by atoms with E-state index in [9.17, 15) is 14.9 Å². The molecule has 1 aliphatic rings. The molecule has 0 aliphatic carbocycles. The number of nitrogens with zero attached hydrogens (tertiary/aromatic N) is 2. The van der Waals surface area contributed by atoms with Crippen molar-refractivity contribution in [1.82, 2.24) is 0 Å². The third kappa shape index (κ3) is 3.52. The number of aryl methyl sites for hydroxylation is 1. The molecule has 31 heavy (non-hydrogen) atoms. The second-order valence-corrected chi connectivity index (χ2v) is 7.13. The fraction of sp³-hybridized carbons (Fsp3) is 0.174. The van der Waals surface area contributed by atoms with E-state index in [0.717, 1.165) is 5.56 Å². The van der Waals surface area contributed by atoms with Crippen LogP contribution in [0.25, 0.3) is 0 Å². The van der Waals surface area contributed by atoms with Gasteiger partial charge in [0.15, 0.2) is 11.5 Å². The van der Waals surface area contributed by atoms with E-state index in [1.165, 1.54) is 31.3 Å². The zero-order valence-corrected chi connectivity index (χ0v) is 17.3. The number of ether oxygens (including phenoxy) is 2. The summed E-state index contributed by atoms with van der Waals surface area (Å²) in [6.45, 7) is 1.95. The van der Waals surface area contributed by atoms with Gasteiger partial charge in [0.25, 0.3) is 11.6 Å². The van der Waals surface area contributed by atoms with Crippen LogP contribution in [0.2, 0.25) is 0 Å². The Bertz CT molecular complexity index is 1160. The van der Waals surface area contributed by atoms with E-state index in [-0.39, 0.29) is 22.9 Å². The first kappa shape index (κ1) is 20.2. The summed E-state index contributed by atoms with van der Waals surface area (Å²) in [5.41, 5.74) is 2.85. The Kier molecular flexibility index (Phi) is 5.21. The minimum absolute atomic E-state index is 0.181. The molecule has 4 rings (SSSR count). The monoisotopic (exact) mass is 419 g/mol. The lowest BCUT2D eigenvalue weighted by Gasteiger charge is -2.38. The SMILES string of the molecule is COc1cc([C@@H]2Nc3ccccc3C(=O)N2c2ccc(C)cc2)c([N+](=O)[O-])cc1OC. The van der Waals surface area contributed by atoms with Crippen molar-refractivity contribution in [1.29, 1.82) is 0 Å². The summed E-state index contributed by atoms with van der Waals surface area (Å²) in [5.74, 6) is 0.315. The lowest BCUT2D eigenvalue weighted by Crippen LogP contribution is -2.43. The molecular formula is C23H21N3O5. The predicted octanol–water partition coefficient (Wildman–Crippen LogP) is 4.69. The number of rotatable bonds is 5. The molecule has 1 aliphatic heterocycles. The van der Waals surface area contributed by atoms with Gasteiger partial charge in [0.2, 0.25) is 0 Å². The molecule has 0 saturated heterocycles. The molecule has 0 spiro atoms. The van der Waals surface area contributed by atoms with Gasteiger partial charge < -0.3 is 14.8 Å². The van der Waals surface area contributed by atoms with Gasteiger partial charge in [0.05, 0.1) is 36.3 Å². The normalized spacial score (nSPS) is 15.1. The first-order chi connectivity index (χ1) is 14.9. The quantitative estimate of drug-likeness (QED) is 0.476. The number of nitrogens with one attached hydrogen (secondary N) is 1. The van der Waals surface area contributed by atoms with Crippen molar-refractivity contribution in [2.75, 3.05) is 24.4 Å². The number of methoxy groups -OCH3 is 2. The maximum absolute atomic E-state index is 13.5. The number of hydrogen-bond acceptors (Lipinski definition) is 6. The van der Waals surface area contributed by atoms with E-state index in [1.807, 2.05) is 31.2 Å². The summed E-state index contributed by atoms with van der Waals surface area (Å²) in [4.78, 5) is 26.5. The molecular weight excluding hydrogens is 398 g/mol. The van der Waals surface area contributed by atoms with Crippen molar-refractivity contribution in [3.05, 3.63) is 87.5 Å². The Hall–Kier alpha value is -4.07. The van der Waals surface area contributed by atoms with E-state index in [2.05, 4.69) is 5.32 Å². The van der Waals surface area contributed by atoms with Crippen LogP contribution in [-0.2, 0) is 0 Å². The number of para-hydroxylation sites is 1. The molecule has 0 unspecified atom stereocenters. The van der Waals surface area contributed by atoms with Crippen LogP contribution in [-0.4, -0.2) is 25.1 Å². The summed E-state index contributed by atoms with van der Waals surface area (Å²) in [7, 11) is 2.87. The predicted molar refractivity (Wildman–Crippen MR) is 117 cm³/mol. The molecule has 0 radical (unpaired) electrons.